The Morgan fingerprint density at radius 3 is 2.11 bits per heavy atom. The molecule has 0 fully saturated rings. The van der Waals surface area contributed by atoms with Crippen molar-refractivity contribution in [2.24, 2.45) is 5.73 Å². The molecule has 0 radical (unpaired) electrons. The molecule has 0 aliphatic rings. The van der Waals surface area contributed by atoms with Crippen molar-refractivity contribution >= 4 is 15.9 Å². The molecule has 2 aromatic rings. The van der Waals surface area contributed by atoms with Gasteiger partial charge in [-0.25, -0.2) is 8.78 Å². The molecule has 4 heteroatoms. The largest absolute Gasteiger partial charge is 0.330 e. The van der Waals surface area contributed by atoms with E-state index in [0.29, 0.717) is 6.54 Å². The van der Waals surface area contributed by atoms with Crippen LogP contribution in [0.4, 0.5) is 8.78 Å². The standard InChI is InChI=1S/C15H14BrF2N/c16-12-6-4-10(5-7-12)11(9-19)8-13-14(17)2-1-3-15(13)18/h1-7,11H,8-9,19H2. The summed E-state index contributed by atoms with van der Waals surface area (Å²) in [5.41, 5.74) is 6.81. The van der Waals surface area contributed by atoms with Crippen molar-refractivity contribution in [1.29, 1.82) is 0 Å². The van der Waals surface area contributed by atoms with Gasteiger partial charge in [-0.3, -0.25) is 0 Å². The topological polar surface area (TPSA) is 26.0 Å². The molecule has 0 saturated heterocycles. The summed E-state index contributed by atoms with van der Waals surface area (Å²) in [5, 5.41) is 0. The second kappa shape index (κ2) is 6.26. The number of rotatable bonds is 4. The fourth-order valence-corrected chi connectivity index (χ4v) is 2.31. The number of halogens is 3. The Morgan fingerprint density at radius 2 is 1.58 bits per heavy atom. The highest BCUT2D eigenvalue weighted by atomic mass is 79.9. The Labute approximate surface area is 119 Å². The average Bonchev–Trinajstić information content (AvgIpc) is 2.40. The summed E-state index contributed by atoms with van der Waals surface area (Å²) in [5.74, 6) is -1.13. The molecular weight excluding hydrogens is 312 g/mol. The van der Waals surface area contributed by atoms with E-state index >= 15 is 0 Å². The summed E-state index contributed by atoms with van der Waals surface area (Å²) >= 11 is 3.36. The van der Waals surface area contributed by atoms with Crippen molar-refractivity contribution in [2.75, 3.05) is 6.54 Å². The van der Waals surface area contributed by atoms with Crippen molar-refractivity contribution in [3.8, 4) is 0 Å². The van der Waals surface area contributed by atoms with E-state index in [1.54, 1.807) is 0 Å². The third-order valence-electron chi connectivity index (χ3n) is 3.14. The highest BCUT2D eigenvalue weighted by molar-refractivity contribution is 9.10. The van der Waals surface area contributed by atoms with Gasteiger partial charge in [-0.2, -0.15) is 0 Å². The molecule has 1 unspecified atom stereocenters. The van der Waals surface area contributed by atoms with E-state index in [4.69, 9.17) is 5.73 Å². The van der Waals surface area contributed by atoms with Gasteiger partial charge >= 0.3 is 0 Å². The maximum absolute atomic E-state index is 13.6. The van der Waals surface area contributed by atoms with Crippen LogP contribution in [0.25, 0.3) is 0 Å². The molecule has 0 amide bonds. The summed E-state index contributed by atoms with van der Waals surface area (Å²) in [6.45, 7) is 0.343. The lowest BCUT2D eigenvalue weighted by Gasteiger charge is -2.16. The number of benzene rings is 2. The van der Waals surface area contributed by atoms with E-state index < -0.39 is 11.6 Å². The Bertz CT molecular complexity index is 534. The fourth-order valence-electron chi connectivity index (χ4n) is 2.05. The Kier molecular flexibility index (Phi) is 4.66. The van der Waals surface area contributed by atoms with Crippen LogP contribution < -0.4 is 5.73 Å². The molecule has 2 aromatic carbocycles. The molecule has 1 nitrogen and oxygen atoms in total. The highest BCUT2D eigenvalue weighted by Crippen LogP contribution is 2.24. The maximum atomic E-state index is 13.6. The Balaban J connectivity index is 2.26. The summed E-state index contributed by atoms with van der Waals surface area (Å²) in [7, 11) is 0. The van der Waals surface area contributed by atoms with Crippen molar-refractivity contribution < 1.29 is 8.78 Å². The first-order chi connectivity index (χ1) is 9.11. The first kappa shape index (κ1) is 14.2. The monoisotopic (exact) mass is 325 g/mol. The van der Waals surface area contributed by atoms with Crippen molar-refractivity contribution in [3.05, 3.63) is 69.7 Å². The van der Waals surface area contributed by atoms with Crippen LogP contribution in [0.3, 0.4) is 0 Å². The predicted octanol–water partition coefficient (Wildman–Crippen LogP) is 4.01. The molecule has 0 aliphatic carbocycles. The Morgan fingerprint density at radius 1 is 1.00 bits per heavy atom. The Hall–Kier alpha value is -1.26. The SMILES string of the molecule is NCC(Cc1c(F)cccc1F)c1ccc(Br)cc1. The zero-order valence-corrected chi connectivity index (χ0v) is 11.8. The van der Waals surface area contributed by atoms with Crippen LogP contribution in [0.5, 0.6) is 0 Å². The summed E-state index contributed by atoms with van der Waals surface area (Å²) in [6.07, 6.45) is 0.261. The van der Waals surface area contributed by atoms with E-state index in [9.17, 15) is 8.78 Å². The van der Waals surface area contributed by atoms with Crippen LogP contribution in [-0.2, 0) is 6.42 Å². The third-order valence-corrected chi connectivity index (χ3v) is 3.67. The van der Waals surface area contributed by atoms with Crippen LogP contribution in [-0.4, -0.2) is 6.54 Å². The smallest absolute Gasteiger partial charge is 0.129 e. The van der Waals surface area contributed by atoms with Gasteiger partial charge in [0.25, 0.3) is 0 Å². The zero-order valence-electron chi connectivity index (χ0n) is 10.2. The molecule has 100 valence electrons. The van der Waals surface area contributed by atoms with Crippen LogP contribution in [0, 0.1) is 11.6 Å². The fraction of sp³-hybridized carbons (Fsp3) is 0.200. The molecule has 0 aromatic heterocycles. The zero-order chi connectivity index (χ0) is 13.8. The van der Waals surface area contributed by atoms with Gasteiger partial charge in [-0.05, 0) is 42.8 Å². The molecular formula is C15H14BrF2N. The lowest BCUT2D eigenvalue weighted by Crippen LogP contribution is -2.16. The average molecular weight is 326 g/mol. The first-order valence-electron chi connectivity index (χ1n) is 6.00. The summed E-state index contributed by atoms with van der Waals surface area (Å²) in [4.78, 5) is 0. The summed E-state index contributed by atoms with van der Waals surface area (Å²) < 4.78 is 28.2. The molecule has 0 bridgehead atoms. The van der Waals surface area contributed by atoms with Crippen LogP contribution >= 0.6 is 15.9 Å². The molecule has 0 aliphatic heterocycles. The molecule has 2 N–H and O–H groups in total. The van der Waals surface area contributed by atoms with Gasteiger partial charge in [0.05, 0.1) is 0 Å². The van der Waals surface area contributed by atoms with Gasteiger partial charge in [0.2, 0.25) is 0 Å². The number of hydrogen-bond donors (Lipinski definition) is 1. The number of nitrogens with two attached hydrogens (primary N) is 1. The molecule has 19 heavy (non-hydrogen) atoms. The summed E-state index contributed by atoms with van der Waals surface area (Å²) in [6, 6.07) is 11.5. The molecule has 1 atom stereocenters. The highest BCUT2D eigenvalue weighted by Gasteiger charge is 2.16. The quantitative estimate of drug-likeness (QED) is 0.903. The van der Waals surface area contributed by atoms with E-state index in [2.05, 4.69) is 15.9 Å². The number of hydrogen-bond acceptors (Lipinski definition) is 1. The van der Waals surface area contributed by atoms with Gasteiger partial charge in [0, 0.05) is 16.0 Å². The van der Waals surface area contributed by atoms with Crippen LogP contribution in [0.2, 0.25) is 0 Å². The van der Waals surface area contributed by atoms with Crippen molar-refractivity contribution in [1.82, 2.24) is 0 Å². The predicted molar refractivity (Wildman–Crippen MR) is 76.0 cm³/mol. The van der Waals surface area contributed by atoms with Crippen molar-refractivity contribution in [2.45, 2.75) is 12.3 Å². The normalized spacial score (nSPS) is 12.4. The maximum Gasteiger partial charge on any atom is 0.129 e. The molecule has 2 rings (SSSR count). The molecule has 0 spiro atoms. The molecule has 0 saturated carbocycles. The minimum atomic E-state index is -0.518. The minimum absolute atomic E-state index is 0.0977. The van der Waals surface area contributed by atoms with E-state index in [0.717, 1.165) is 10.0 Å². The minimum Gasteiger partial charge on any atom is -0.330 e. The van der Waals surface area contributed by atoms with Gasteiger partial charge in [0.1, 0.15) is 11.6 Å². The van der Waals surface area contributed by atoms with Gasteiger partial charge < -0.3 is 5.73 Å². The second-order valence-electron chi connectivity index (χ2n) is 4.39. The van der Waals surface area contributed by atoms with Gasteiger partial charge in [-0.15, -0.1) is 0 Å². The van der Waals surface area contributed by atoms with Crippen molar-refractivity contribution in [3.63, 3.8) is 0 Å². The first-order valence-corrected chi connectivity index (χ1v) is 6.79. The van der Waals surface area contributed by atoms with Gasteiger partial charge in [0.15, 0.2) is 0 Å². The third kappa shape index (κ3) is 3.39. The van der Waals surface area contributed by atoms with E-state index in [1.807, 2.05) is 24.3 Å². The lowest BCUT2D eigenvalue weighted by atomic mass is 9.91. The second-order valence-corrected chi connectivity index (χ2v) is 5.30. The van der Waals surface area contributed by atoms with E-state index in [1.165, 1.54) is 18.2 Å². The van der Waals surface area contributed by atoms with Crippen LogP contribution in [0.1, 0.15) is 17.0 Å². The molecule has 0 heterocycles. The van der Waals surface area contributed by atoms with Gasteiger partial charge in [-0.1, -0.05) is 34.1 Å². The van der Waals surface area contributed by atoms with E-state index in [-0.39, 0.29) is 17.9 Å². The lowest BCUT2D eigenvalue weighted by molar-refractivity contribution is 0.538. The van der Waals surface area contributed by atoms with Crippen LogP contribution in [0.15, 0.2) is 46.9 Å².